The van der Waals surface area contributed by atoms with Crippen molar-refractivity contribution in [3.63, 3.8) is 0 Å². The number of ether oxygens (including phenoxy) is 2. The quantitative estimate of drug-likeness (QED) is 0.592. The van der Waals surface area contributed by atoms with Gasteiger partial charge in [0.1, 0.15) is 0 Å². The molecule has 0 bridgehead atoms. The highest BCUT2D eigenvalue weighted by molar-refractivity contribution is 6.30. The molecule has 1 saturated carbocycles. The number of carbonyl (C=O) groups is 1. The Balaban J connectivity index is 1.94. The average molecular weight is 356 g/mol. The Morgan fingerprint density at radius 1 is 1.16 bits per heavy atom. The Kier molecular flexibility index (Phi) is 4.96. The van der Waals surface area contributed by atoms with E-state index in [0.29, 0.717) is 22.1 Å². The van der Waals surface area contributed by atoms with E-state index in [1.54, 1.807) is 24.3 Å². The van der Waals surface area contributed by atoms with Crippen molar-refractivity contribution in [1.82, 2.24) is 0 Å². The Morgan fingerprint density at radius 3 is 2.56 bits per heavy atom. The molecule has 1 aliphatic carbocycles. The third-order valence-corrected chi connectivity index (χ3v) is 4.96. The maximum atomic E-state index is 13.1. The van der Waals surface area contributed by atoms with Gasteiger partial charge in [-0.3, -0.25) is 4.79 Å². The van der Waals surface area contributed by atoms with Crippen LogP contribution >= 0.6 is 11.6 Å². The predicted octanol–water partition coefficient (Wildman–Crippen LogP) is 4.64. The van der Waals surface area contributed by atoms with Gasteiger partial charge in [-0.2, -0.15) is 5.26 Å². The van der Waals surface area contributed by atoms with Crippen molar-refractivity contribution in [3.8, 4) is 17.6 Å². The number of carbonyl (C=O) groups excluding carboxylic acids is 1. The number of nitrogens with zero attached hydrogens (tertiary/aromatic N) is 1. The Labute approximate surface area is 151 Å². The molecule has 128 valence electrons. The van der Waals surface area contributed by atoms with E-state index in [1.807, 2.05) is 24.3 Å². The molecule has 2 aromatic rings. The number of methoxy groups -OCH3 is 1. The van der Waals surface area contributed by atoms with Crippen molar-refractivity contribution in [2.24, 2.45) is 0 Å². The van der Waals surface area contributed by atoms with Crippen molar-refractivity contribution in [2.45, 2.75) is 31.1 Å². The van der Waals surface area contributed by atoms with Gasteiger partial charge in [0, 0.05) is 11.1 Å². The number of halogens is 1. The molecule has 0 saturated heterocycles. The second-order valence-electron chi connectivity index (χ2n) is 6.17. The maximum absolute atomic E-state index is 13.1. The summed E-state index contributed by atoms with van der Waals surface area (Å²) in [6.07, 6.45) is 3.38. The highest BCUT2D eigenvalue weighted by atomic mass is 35.5. The van der Waals surface area contributed by atoms with Gasteiger partial charge in [-0.25, -0.2) is 0 Å². The molecule has 0 radical (unpaired) electrons. The first-order valence-corrected chi connectivity index (χ1v) is 8.53. The lowest BCUT2D eigenvalue weighted by Crippen LogP contribution is -2.36. The van der Waals surface area contributed by atoms with E-state index in [2.05, 4.69) is 0 Å². The fourth-order valence-corrected chi connectivity index (χ4v) is 3.58. The first-order valence-electron chi connectivity index (χ1n) is 8.15. The van der Waals surface area contributed by atoms with Gasteiger partial charge in [0.15, 0.2) is 11.5 Å². The summed E-state index contributed by atoms with van der Waals surface area (Å²) in [7, 11) is 1.48. The molecule has 4 nitrogen and oxygen atoms in total. The van der Waals surface area contributed by atoms with Gasteiger partial charge in [0.25, 0.3) is 0 Å². The van der Waals surface area contributed by atoms with Gasteiger partial charge in [-0.1, -0.05) is 36.6 Å². The minimum absolute atomic E-state index is 0.310. The van der Waals surface area contributed by atoms with Crippen LogP contribution in [0, 0.1) is 11.3 Å². The van der Waals surface area contributed by atoms with Crippen LogP contribution in [0.1, 0.15) is 36.8 Å². The summed E-state index contributed by atoms with van der Waals surface area (Å²) in [5.74, 6) is 0.377. The van der Waals surface area contributed by atoms with E-state index < -0.39 is 5.41 Å². The standard InChI is InChI=1S/C20H18ClNO3/c1-24-18-11-14(13-22)7-8-17(18)25-19(23)20(9-2-3-10-20)15-5-4-6-16(21)12-15/h4-8,11-12H,2-3,9-10H2,1H3. The van der Waals surface area contributed by atoms with Gasteiger partial charge < -0.3 is 9.47 Å². The molecule has 0 N–H and O–H groups in total. The lowest BCUT2D eigenvalue weighted by molar-refractivity contribution is -0.141. The van der Waals surface area contributed by atoms with Crippen LogP contribution in [-0.4, -0.2) is 13.1 Å². The van der Waals surface area contributed by atoms with Crippen LogP contribution in [-0.2, 0) is 10.2 Å². The molecule has 0 amide bonds. The third-order valence-electron chi connectivity index (χ3n) is 4.72. The summed E-state index contributed by atoms with van der Waals surface area (Å²) in [5, 5.41) is 9.60. The van der Waals surface area contributed by atoms with Crippen molar-refractivity contribution in [2.75, 3.05) is 7.11 Å². The van der Waals surface area contributed by atoms with E-state index in [9.17, 15) is 4.79 Å². The highest BCUT2D eigenvalue weighted by Crippen LogP contribution is 2.43. The van der Waals surface area contributed by atoms with Crippen LogP contribution in [0.5, 0.6) is 11.5 Å². The van der Waals surface area contributed by atoms with Gasteiger partial charge in [-0.15, -0.1) is 0 Å². The molecule has 0 spiro atoms. The molecular formula is C20H18ClNO3. The van der Waals surface area contributed by atoms with E-state index in [0.717, 1.165) is 31.2 Å². The number of rotatable bonds is 4. The SMILES string of the molecule is COc1cc(C#N)ccc1OC(=O)C1(c2cccc(Cl)c2)CCCC1. The Morgan fingerprint density at radius 2 is 1.92 bits per heavy atom. The highest BCUT2D eigenvalue weighted by Gasteiger charge is 2.44. The van der Waals surface area contributed by atoms with Gasteiger partial charge in [0.2, 0.25) is 0 Å². The minimum Gasteiger partial charge on any atom is -0.493 e. The van der Waals surface area contributed by atoms with E-state index in [1.165, 1.54) is 7.11 Å². The zero-order valence-corrected chi connectivity index (χ0v) is 14.7. The van der Waals surface area contributed by atoms with Crippen molar-refractivity contribution >= 4 is 17.6 Å². The molecule has 0 aliphatic heterocycles. The van der Waals surface area contributed by atoms with Crippen LogP contribution in [0.3, 0.4) is 0 Å². The topological polar surface area (TPSA) is 59.3 Å². The van der Waals surface area contributed by atoms with Crippen LogP contribution in [0.4, 0.5) is 0 Å². The predicted molar refractivity (Wildman–Crippen MR) is 94.9 cm³/mol. The first kappa shape index (κ1) is 17.3. The molecular weight excluding hydrogens is 338 g/mol. The summed E-state index contributed by atoms with van der Waals surface area (Å²) in [6, 6.07) is 14.2. The third kappa shape index (κ3) is 3.33. The summed E-state index contributed by atoms with van der Waals surface area (Å²) < 4.78 is 11.0. The molecule has 5 heteroatoms. The first-order chi connectivity index (χ1) is 12.1. The second-order valence-corrected chi connectivity index (χ2v) is 6.60. The summed E-state index contributed by atoms with van der Waals surface area (Å²) in [5.41, 5.74) is 0.640. The minimum atomic E-state index is -0.691. The molecule has 1 aliphatic rings. The number of benzene rings is 2. The summed E-state index contributed by atoms with van der Waals surface area (Å²) in [4.78, 5) is 13.1. The molecule has 1 fully saturated rings. The number of hydrogen-bond acceptors (Lipinski definition) is 4. The smallest absolute Gasteiger partial charge is 0.322 e. The van der Waals surface area contributed by atoms with Gasteiger partial charge >= 0.3 is 5.97 Å². The fourth-order valence-electron chi connectivity index (χ4n) is 3.39. The monoisotopic (exact) mass is 355 g/mol. The van der Waals surface area contributed by atoms with Crippen molar-refractivity contribution < 1.29 is 14.3 Å². The summed E-state index contributed by atoms with van der Waals surface area (Å²) in [6.45, 7) is 0. The van der Waals surface area contributed by atoms with Crippen LogP contribution < -0.4 is 9.47 Å². The Bertz CT molecular complexity index is 835. The normalized spacial score (nSPS) is 15.4. The number of hydrogen-bond donors (Lipinski definition) is 0. The fraction of sp³-hybridized carbons (Fsp3) is 0.300. The second kappa shape index (κ2) is 7.16. The lowest BCUT2D eigenvalue weighted by atomic mass is 9.79. The molecule has 0 heterocycles. The zero-order chi connectivity index (χ0) is 17.9. The molecule has 2 aromatic carbocycles. The number of nitriles is 1. The zero-order valence-electron chi connectivity index (χ0n) is 13.9. The maximum Gasteiger partial charge on any atom is 0.322 e. The van der Waals surface area contributed by atoms with E-state index >= 15 is 0 Å². The molecule has 25 heavy (non-hydrogen) atoms. The molecule has 0 atom stereocenters. The molecule has 3 rings (SSSR count). The lowest BCUT2D eigenvalue weighted by Gasteiger charge is -2.27. The Hall–Kier alpha value is -2.51. The number of esters is 1. The average Bonchev–Trinajstić information content (AvgIpc) is 3.13. The van der Waals surface area contributed by atoms with Crippen LogP contribution in [0.2, 0.25) is 5.02 Å². The van der Waals surface area contributed by atoms with Crippen LogP contribution in [0.15, 0.2) is 42.5 Å². The van der Waals surface area contributed by atoms with Gasteiger partial charge in [0.05, 0.1) is 24.2 Å². The summed E-state index contributed by atoms with van der Waals surface area (Å²) >= 11 is 6.13. The molecule has 0 aromatic heterocycles. The van der Waals surface area contributed by atoms with E-state index in [4.69, 9.17) is 26.3 Å². The van der Waals surface area contributed by atoms with Crippen LogP contribution in [0.25, 0.3) is 0 Å². The largest absolute Gasteiger partial charge is 0.493 e. The molecule has 0 unspecified atom stereocenters. The van der Waals surface area contributed by atoms with Gasteiger partial charge in [-0.05, 0) is 42.7 Å². The van der Waals surface area contributed by atoms with Crippen molar-refractivity contribution in [1.29, 1.82) is 5.26 Å². The van der Waals surface area contributed by atoms with Crippen molar-refractivity contribution in [3.05, 3.63) is 58.6 Å². The van der Waals surface area contributed by atoms with E-state index in [-0.39, 0.29) is 5.97 Å².